The van der Waals surface area contributed by atoms with E-state index in [9.17, 15) is 0 Å². The molecule has 0 N–H and O–H groups in total. The summed E-state index contributed by atoms with van der Waals surface area (Å²) < 4.78 is 11.4. The van der Waals surface area contributed by atoms with Crippen LogP contribution in [0.25, 0.3) is 133 Å². The number of benzene rings is 10. The molecule has 14 aromatic rings. The van der Waals surface area contributed by atoms with Crippen molar-refractivity contribution >= 4 is 76.3 Å². The monoisotopic (exact) mass is 855 g/mol. The normalized spacial score (nSPS) is 11.9. The van der Waals surface area contributed by atoms with Gasteiger partial charge in [-0.3, -0.25) is 4.57 Å². The van der Waals surface area contributed by atoms with Gasteiger partial charge in [0.15, 0.2) is 11.6 Å². The summed E-state index contributed by atoms with van der Waals surface area (Å²) in [5.41, 5.74) is 13.2. The Balaban J connectivity index is 1.06. The molecule has 0 saturated carbocycles. The molecule has 6 nitrogen and oxygen atoms in total. The molecule has 0 saturated heterocycles. The lowest BCUT2D eigenvalue weighted by atomic mass is 9.96. The molecular formula is C61H37N5O. The largest absolute Gasteiger partial charge is 0.455 e. The van der Waals surface area contributed by atoms with E-state index in [4.69, 9.17) is 19.4 Å². The second kappa shape index (κ2) is 14.7. The third-order valence-electron chi connectivity index (χ3n) is 13.4. The quantitative estimate of drug-likeness (QED) is 0.167. The van der Waals surface area contributed by atoms with Crippen LogP contribution in [0.4, 0.5) is 0 Å². The second-order valence-corrected chi connectivity index (χ2v) is 17.2. The topological polar surface area (TPSA) is 61.7 Å². The van der Waals surface area contributed by atoms with Crippen LogP contribution in [0.15, 0.2) is 229 Å². The van der Waals surface area contributed by atoms with Crippen molar-refractivity contribution < 1.29 is 4.42 Å². The van der Waals surface area contributed by atoms with Crippen LogP contribution >= 0.6 is 0 Å². The summed E-state index contributed by atoms with van der Waals surface area (Å²) in [5.74, 6) is 1.75. The Hall–Kier alpha value is -9.13. The average Bonchev–Trinajstić information content (AvgIpc) is 4.05. The molecule has 4 aromatic heterocycles. The van der Waals surface area contributed by atoms with Crippen LogP contribution in [0, 0.1) is 0 Å². The molecule has 10 aromatic carbocycles. The first-order chi connectivity index (χ1) is 33.2. The van der Waals surface area contributed by atoms with Crippen molar-refractivity contribution in [3.8, 4) is 56.7 Å². The van der Waals surface area contributed by atoms with Gasteiger partial charge in [-0.1, -0.05) is 176 Å². The molecular weight excluding hydrogens is 819 g/mol. The molecule has 4 heterocycles. The number of para-hydroxylation sites is 3. The van der Waals surface area contributed by atoms with Gasteiger partial charge in [-0.25, -0.2) is 4.98 Å². The van der Waals surface area contributed by atoms with E-state index in [0.29, 0.717) is 17.6 Å². The summed E-state index contributed by atoms with van der Waals surface area (Å²) in [6.07, 6.45) is 0. The summed E-state index contributed by atoms with van der Waals surface area (Å²) in [6, 6.07) is 79.2. The molecule has 0 atom stereocenters. The minimum Gasteiger partial charge on any atom is -0.455 e. The van der Waals surface area contributed by atoms with E-state index in [1.807, 2.05) is 30.3 Å². The zero-order chi connectivity index (χ0) is 44.0. The molecule has 0 spiro atoms. The zero-order valence-corrected chi connectivity index (χ0v) is 36.0. The van der Waals surface area contributed by atoms with Crippen molar-refractivity contribution in [2.75, 3.05) is 0 Å². The van der Waals surface area contributed by atoms with Gasteiger partial charge in [-0.2, -0.15) is 9.97 Å². The number of fused-ring (bicyclic) bond motifs is 10. The summed E-state index contributed by atoms with van der Waals surface area (Å²) in [6.45, 7) is 0. The first-order valence-corrected chi connectivity index (χ1v) is 22.6. The van der Waals surface area contributed by atoms with Crippen LogP contribution in [0.5, 0.6) is 0 Å². The van der Waals surface area contributed by atoms with Crippen LogP contribution in [-0.2, 0) is 0 Å². The third-order valence-corrected chi connectivity index (χ3v) is 13.4. The molecule has 6 heteroatoms. The summed E-state index contributed by atoms with van der Waals surface area (Å²) in [5, 5.41) is 9.08. The standard InChI is InChI=1S/C61H37N5O/c1-3-17-38(18-4-1)41-23-15-24-42(33-41)60-62-59(40-20-5-2-6-21-40)63-61(64-60)66-54-31-13-10-27-47(54)50-36-49-46-26-9-12-30-53(46)65(55(49)37-56(50)66)43-34-51(45-29-16-22-39-19-7-8-25-44(39)45)58-52(35-43)48-28-11-14-32-57(48)67-58/h1-37H. The van der Waals surface area contributed by atoms with Crippen LogP contribution < -0.4 is 0 Å². The molecule has 0 amide bonds. The maximum Gasteiger partial charge on any atom is 0.238 e. The van der Waals surface area contributed by atoms with Crippen molar-refractivity contribution in [1.82, 2.24) is 24.1 Å². The van der Waals surface area contributed by atoms with Crippen LogP contribution in [0.2, 0.25) is 0 Å². The molecule has 312 valence electrons. The predicted molar refractivity (Wildman–Crippen MR) is 275 cm³/mol. The van der Waals surface area contributed by atoms with E-state index in [1.54, 1.807) is 0 Å². The van der Waals surface area contributed by atoms with Gasteiger partial charge in [-0.15, -0.1) is 0 Å². The molecule has 0 bridgehead atoms. The molecule has 67 heavy (non-hydrogen) atoms. The molecule has 0 aliphatic rings. The van der Waals surface area contributed by atoms with E-state index in [2.05, 4.69) is 203 Å². The Morgan fingerprint density at radius 1 is 0.313 bits per heavy atom. The van der Waals surface area contributed by atoms with Crippen molar-refractivity contribution in [2.45, 2.75) is 0 Å². The minimum absolute atomic E-state index is 0.548. The number of hydrogen-bond donors (Lipinski definition) is 0. The van der Waals surface area contributed by atoms with E-state index >= 15 is 0 Å². The highest BCUT2D eigenvalue weighted by Gasteiger charge is 2.23. The van der Waals surface area contributed by atoms with E-state index < -0.39 is 0 Å². The molecule has 0 unspecified atom stereocenters. The Morgan fingerprint density at radius 3 is 1.66 bits per heavy atom. The van der Waals surface area contributed by atoms with Gasteiger partial charge >= 0.3 is 0 Å². The zero-order valence-electron chi connectivity index (χ0n) is 36.0. The number of hydrogen-bond acceptors (Lipinski definition) is 4. The molecule has 0 aliphatic carbocycles. The molecule has 0 fully saturated rings. The van der Waals surface area contributed by atoms with Crippen molar-refractivity contribution in [2.24, 2.45) is 0 Å². The van der Waals surface area contributed by atoms with Gasteiger partial charge < -0.3 is 8.98 Å². The van der Waals surface area contributed by atoms with Gasteiger partial charge in [0.1, 0.15) is 11.2 Å². The van der Waals surface area contributed by atoms with Gasteiger partial charge in [0.2, 0.25) is 5.95 Å². The first kappa shape index (κ1) is 37.3. The number of rotatable bonds is 6. The number of aromatic nitrogens is 5. The number of nitrogens with zero attached hydrogens (tertiary/aromatic N) is 5. The Labute approximate surface area is 384 Å². The maximum atomic E-state index is 6.77. The van der Waals surface area contributed by atoms with Crippen LogP contribution in [-0.4, -0.2) is 24.1 Å². The highest BCUT2D eigenvalue weighted by atomic mass is 16.3. The predicted octanol–water partition coefficient (Wildman–Crippen LogP) is 15.8. The lowest BCUT2D eigenvalue weighted by Crippen LogP contribution is -2.06. The Bertz CT molecular complexity index is 4270. The van der Waals surface area contributed by atoms with E-state index in [1.165, 1.54) is 16.2 Å². The summed E-state index contributed by atoms with van der Waals surface area (Å²) >= 11 is 0. The fourth-order valence-corrected chi connectivity index (χ4v) is 10.3. The summed E-state index contributed by atoms with van der Waals surface area (Å²) in [4.78, 5) is 15.8. The van der Waals surface area contributed by atoms with Gasteiger partial charge in [0.05, 0.1) is 22.1 Å². The number of furan rings is 1. The summed E-state index contributed by atoms with van der Waals surface area (Å²) in [7, 11) is 0. The second-order valence-electron chi connectivity index (χ2n) is 17.2. The lowest BCUT2D eigenvalue weighted by Gasteiger charge is -2.14. The van der Waals surface area contributed by atoms with Gasteiger partial charge in [-0.05, 0) is 76.0 Å². The highest BCUT2D eigenvalue weighted by Crippen LogP contribution is 2.44. The van der Waals surface area contributed by atoms with Crippen LogP contribution in [0.1, 0.15) is 0 Å². The van der Waals surface area contributed by atoms with Crippen LogP contribution in [0.3, 0.4) is 0 Å². The fraction of sp³-hybridized carbons (Fsp3) is 0. The third kappa shape index (κ3) is 5.86. The van der Waals surface area contributed by atoms with Crippen molar-refractivity contribution in [1.29, 1.82) is 0 Å². The van der Waals surface area contributed by atoms with Gasteiger partial charge in [0, 0.05) is 54.7 Å². The average molecular weight is 856 g/mol. The molecule has 0 aliphatic heterocycles. The maximum absolute atomic E-state index is 6.77. The fourth-order valence-electron chi connectivity index (χ4n) is 10.3. The van der Waals surface area contributed by atoms with E-state index in [0.717, 1.165) is 99.2 Å². The Morgan fingerprint density at radius 2 is 0.881 bits per heavy atom. The van der Waals surface area contributed by atoms with Gasteiger partial charge in [0.25, 0.3) is 0 Å². The van der Waals surface area contributed by atoms with Crippen molar-refractivity contribution in [3.63, 3.8) is 0 Å². The molecule has 0 radical (unpaired) electrons. The van der Waals surface area contributed by atoms with E-state index in [-0.39, 0.29) is 0 Å². The molecule has 14 rings (SSSR count). The highest BCUT2D eigenvalue weighted by molar-refractivity contribution is 6.20. The first-order valence-electron chi connectivity index (χ1n) is 22.6. The lowest BCUT2D eigenvalue weighted by molar-refractivity contribution is 0.670. The smallest absolute Gasteiger partial charge is 0.238 e. The van der Waals surface area contributed by atoms with Crippen molar-refractivity contribution in [3.05, 3.63) is 224 Å². The Kier molecular flexibility index (Phi) is 8.18. The SMILES string of the molecule is c1ccc(-c2cccc(-c3nc(-c4ccccc4)nc(-n4c5ccccc5c5cc6c7ccccc7n(-c7cc(-c8cccc9ccccc89)c8oc9ccccc9c8c7)c6cc54)n3)c2)cc1. The minimum atomic E-state index is 0.548.